The first-order valence-corrected chi connectivity index (χ1v) is 7.16. The Morgan fingerprint density at radius 1 is 1.32 bits per heavy atom. The molecule has 0 saturated carbocycles. The van der Waals surface area contributed by atoms with E-state index in [0.717, 1.165) is 18.0 Å². The van der Waals surface area contributed by atoms with E-state index in [0.29, 0.717) is 0 Å². The second-order valence-corrected chi connectivity index (χ2v) is 5.88. The third-order valence-corrected chi connectivity index (χ3v) is 4.18. The lowest BCUT2D eigenvalue weighted by Crippen LogP contribution is -2.32. The predicted molar refractivity (Wildman–Crippen MR) is 81.4 cm³/mol. The van der Waals surface area contributed by atoms with Crippen molar-refractivity contribution in [2.45, 2.75) is 40.2 Å². The first-order valence-electron chi connectivity index (χ1n) is 7.16. The quantitative estimate of drug-likeness (QED) is 0.515. The molecule has 0 aliphatic carbocycles. The molecule has 2 N–H and O–H groups in total. The molecule has 1 heterocycles. The third-order valence-electron chi connectivity index (χ3n) is 4.18. The number of rotatable bonds is 3. The normalized spacial score (nSPS) is 18.3. The fourth-order valence-electron chi connectivity index (χ4n) is 2.80. The molecule has 1 aromatic carbocycles. The van der Waals surface area contributed by atoms with Crippen LogP contribution in [0.5, 0.6) is 0 Å². The van der Waals surface area contributed by atoms with Crippen LogP contribution in [-0.4, -0.2) is 24.2 Å². The van der Waals surface area contributed by atoms with Crippen LogP contribution in [0.2, 0.25) is 0 Å². The molecule has 0 bridgehead atoms. The summed E-state index contributed by atoms with van der Waals surface area (Å²) in [5, 5.41) is 3.67. The second kappa shape index (κ2) is 6.20. The van der Waals surface area contributed by atoms with Crippen molar-refractivity contribution in [2.75, 3.05) is 13.1 Å². The summed E-state index contributed by atoms with van der Waals surface area (Å²) in [7, 11) is 0. The molecule has 0 unspecified atom stereocenters. The largest absolute Gasteiger partial charge is 0.323 e. The number of likely N-dealkylation sites (tertiary alicyclic amines) is 1. The van der Waals surface area contributed by atoms with Gasteiger partial charge in [0.15, 0.2) is 0 Å². The van der Waals surface area contributed by atoms with Gasteiger partial charge in [-0.2, -0.15) is 5.10 Å². The van der Waals surface area contributed by atoms with E-state index in [-0.39, 0.29) is 0 Å². The lowest BCUT2D eigenvalue weighted by atomic mass is 9.96. The SMILES string of the molecule is Cc1cc(C=NN)c(C)c(CN2CCC(C)CC2)c1. The van der Waals surface area contributed by atoms with Crippen molar-refractivity contribution in [3.05, 3.63) is 34.4 Å². The molecule has 0 aromatic heterocycles. The van der Waals surface area contributed by atoms with Gasteiger partial charge in [0, 0.05) is 6.54 Å². The third kappa shape index (κ3) is 3.57. The van der Waals surface area contributed by atoms with Crippen molar-refractivity contribution in [1.82, 2.24) is 4.90 Å². The first kappa shape index (κ1) is 14.1. The number of piperidine rings is 1. The van der Waals surface area contributed by atoms with Gasteiger partial charge in [0.05, 0.1) is 6.21 Å². The number of aryl methyl sites for hydroxylation is 1. The van der Waals surface area contributed by atoms with Crippen LogP contribution in [0.3, 0.4) is 0 Å². The van der Waals surface area contributed by atoms with E-state index in [1.54, 1.807) is 6.21 Å². The Morgan fingerprint density at radius 2 is 2.00 bits per heavy atom. The summed E-state index contributed by atoms with van der Waals surface area (Å²) in [5.74, 6) is 6.17. The zero-order valence-electron chi connectivity index (χ0n) is 12.3. The van der Waals surface area contributed by atoms with E-state index in [4.69, 9.17) is 5.84 Å². The molecule has 1 aliphatic rings. The number of benzene rings is 1. The van der Waals surface area contributed by atoms with Crippen LogP contribution < -0.4 is 5.84 Å². The number of nitrogens with two attached hydrogens (primary N) is 1. The average molecular weight is 259 g/mol. The minimum Gasteiger partial charge on any atom is -0.323 e. The number of hydrogen-bond donors (Lipinski definition) is 1. The van der Waals surface area contributed by atoms with Gasteiger partial charge in [-0.25, -0.2) is 0 Å². The zero-order valence-corrected chi connectivity index (χ0v) is 12.3. The van der Waals surface area contributed by atoms with Gasteiger partial charge in [-0.15, -0.1) is 0 Å². The van der Waals surface area contributed by atoms with Crippen molar-refractivity contribution in [3.63, 3.8) is 0 Å². The molecule has 1 saturated heterocycles. The van der Waals surface area contributed by atoms with Crippen LogP contribution in [0, 0.1) is 19.8 Å². The molecule has 1 aliphatic heterocycles. The van der Waals surface area contributed by atoms with Crippen LogP contribution >= 0.6 is 0 Å². The maximum Gasteiger partial charge on any atom is 0.0540 e. The predicted octanol–water partition coefficient (Wildman–Crippen LogP) is 2.83. The molecule has 104 valence electrons. The summed E-state index contributed by atoms with van der Waals surface area (Å²) in [6, 6.07) is 4.44. The average Bonchev–Trinajstić information content (AvgIpc) is 2.38. The highest BCUT2D eigenvalue weighted by molar-refractivity contribution is 5.82. The van der Waals surface area contributed by atoms with Crippen LogP contribution in [0.15, 0.2) is 17.2 Å². The molecule has 3 heteroatoms. The molecule has 2 rings (SSSR count). The van der Waals surface area contributed by atoms with Gasteiger partial charge >= 0.3 is 0 Å². The summed E-state index contributed by atoms with van der Waals surface area (Å²) in [4.78, 5) is 2.56. The fourth-order valence-corrected chi connectivity index (χ4v) is 2.80. The summed E-state index contributed by atoms with van der Waals surface area (Å²) < 4.78 is 0. The Morgan fingerprint density at radius 3 is 2.63 bits per heavy atom. The van der Waals surface area contributed by atoms with E-state index in [1.165, 1.54) is 42.6 Å². The van der Waals surface area contributed by atoms with E-state index < -0.39 is 0 Å². The monoisotopic (exact) mass is 259 g/mol. The Kier molecular flexibility index (Phi) is 4.59. The van der Waals surface area contributed by atoms with Crippen LogP contribution in [0.25, 0.3) is 0 Å². The van der Waals surface area contributed by atoms with Crippen LogP contribution in [0.1, 0.15) is 42.0 Å². The zero-order chi connectivity index (χ0) is 13.8. The van der Waals surface area contributed by atoms with E-state index in [1.807, 2.05) is 0 Å². The van der Waals surface area contributed by atoms with Gasteiger partial charge in [-0.05, 0) is 62.4 Å². The van der Waals surface area contributed by atoms with Crippen molar-refractivity contribution in [2.24, 2.45) is 16.9 Å². The molecule has 1 aromatic rings. The molecule has 0 atom stereocenters. The first-order chi connectivity index (χ1) is 9.10. The van der Waals surface area contributed by atoms with E-state index in [9.17, 15) is 0 Å². The van der Waals surface area contributed by atoms with Gasteiger partial charge in [0.2, 0.25) is 0 Å². The maximum atomic E-state index is 5.29. The fraction of sp³-hybridized carbons (Fsp3) is 0.562. The summed E-state index contributed by atoms with van der Waals surface area (Å²) in [6.45, 7) is 10.1. The van der Waals surface area contributed by atoms with E-state index >= 15 is 0 Å². The van der Waals surface area contributed by atoms with Crippen LogP contribution in [0.4, 0.5) is 0 Å². The molecule has 0 radical (unpaired) electrons. The Hall–Kier alpha value is -1.35. The van der Waals surface area contributed by atoms with Crippen molar-refractivity contribution in [1.29, 1.82) is 0 Å². The number of hydrogen-bond acceptors (Lipinski definition) is 3. The highest BCUT2D eigenvalue weighted by Crippen LogP contribution is 2.21. The van der Waals surface area contributed by atoms with Gasteiger partial charge in [0.1, 0.15) is 0 Å². The topological polar surface area (TPSA) is 41.6 Å². The molecule has 1 fully saturated rings. The standard InChI is InChI=1S/C16H25N3/c1-12-4-6-19(7-5-12)11-16-9-13(2)8-15(10-18-17)14(16)3/h8-10,12H,4-7,11,17H2,1-3H3. The number of nitrogens with zero attached hydrogens (tertiary/aromatic N) is 2. The summed E-state index contributed by atoms with van der Waals surface area (Å²) in [5.41, 5.74) is 5.13. The van der Waals surface area contributed by atoms with E-state index in [2.05, 4.69) is 42.9 Å². The highest BCUT2D eigenvalue weighted by Gasteiger charge is 2.16. The summed E-state index contributed by atoms with van der Waals surface area (Å²) >= 11 is 0. The van der Waals surface area contributed by atoms with Crippen molar-refractivity contribution >= 4 is 6.21 Å². The minimum atomic E-state index is 0.884. The number of hydrazone groups is 1. The molecule has 3 nitrogen and oxygen atoms in total. The van der Waals surface area contributed by atoms with Gasteiger partial charge < -0.3 is 5.84 Å². The lowest BCUT2D eigenvalue weighted by Gasteiger charge is -2.30. The molecule has 19 heavy (non-hydrogen) atoms. The maximum absolute atomic E-state index is 5.29. The van der Waals surface area contributed by atoms with Crippen molar-refractivity contribution < 1.29 is 0 Å². The lowest BCUT2D eigenvalue weighted by molar-refractivity contribution is 0.185. The Bertz CT molecular complexity index is 457. The Labute approximate surface area is 116 Å². The smallest absolute Gasteiger partial charge is 0.0540 e. The van der Waals surface area contributed by atoms with Gasteiger partial charge in [-0.3, -0.25) is 4.90 Å². The summed E-state index contributed by atoms with van der Waals surface area (Å²) in [6.07, 6.45) is 4.40. The molecular weight excluding hydrogens is 234 g/mol. The molecular formula is C16H25N3. The molecule has 0 spiro atoms. The van der Waals surface area contributed by atoms with Crippen molar-refractivity contribution in [3.8, 4) is 0 Å². The Balaban J connectivity index is 2.15. The van der Waals surface area contributed by atoms with Gasteiger partial charge in [-0.1, -0.05) is 24.6 Å². The minimum absolute atomic E-state index is 0.884. The van der Waals surface area contributed by atoms with Gasteiger partial charge in [0.25, 0.3) is 0 Å². The molecule has 0 amide bonds. The highest BCUT2D eigenvalue weighted by atomic mass is 15.1. The second-order valence-electron chi connectivity index (χ2n) is 5.88. The van der Waals surface area contributed by atoms with Crippen LogP contribution in [-0.2, 0) is 6.54 Å².